The van der Waals surface area contributed by atoms with Crippen molar-refractivity contribution < 1.29 is 22.7 Å². The van der Waals surface area contributed by atoms with Crippen LogP contribution in [0.4, 0.5) is 14.5 Å². The van der Waals surface area contributed by atoms with Gasteiger partial charge in [0.2, 0.25) is 11.8 Å². The quantitative estimate of drug-likeness (QED) is 0.597. The Hall–Kier alpha value is -3.45. The lowest BCUT2D eigenvalue weighted by Crippen LogP contribution is -2.13. The van der Waals surface area contributed by atoms with Crippen LogP contribution in [0.5, 0.6) is 5.75 Å². The third kappa shape index (κ3) is 5.28. The van der Waals surface area contributed by atoms with Gasteiger partial charge in [0.25, 0.3) is 5.22 Å². The van der Waals surface area contributed by atoms with E-state index in [2.05, 4.69) is 20.3 Å². The summed E-state index contributed by atoms with van der Waals surface area (Å²) >= 11 is 1.05. The molecule has 0 bridgehead atoms. The molecule has 10 heteroatoms. The van der Waals surface area contributed by atoms with Crippen LogP contribution < -0.4 is 10.1 Å². The maximum atomic E-state index is 12.2. The molecule has 1 amide bonds. The van der Waals surface area contributed by atoms with E-state index in [1.807, 2.05) is 6.07 Å². The van der Waals surface area contributed by atoms with Gasteiger partial charge in [0.15, 0.2) is 0 Å². The number of benzene rings is 2. The largest absolute Gasteiger partial charge is 0.435 e. The summed E-state index contributed by atoms with van der Waals surface area (Å²) in [5, 5.41) is 19.3. The Morgan fingerprint density at radius 1 is 1.18 bits per heavy atom. The van der Waals surface area contributed by atoms with Crippen molar-refractivity contribution in [3.8, 4) is 23.3 Å². The first-order chi connectivity index (χ1) is 13.5. The standard InChI is InChI=1S/C18H12F2N4O3S/c19-17(20)26-14-7-3-12(4-8-14)16-23-24-18(27-16)28-10-15(25)22-13-5-1-11(9-21)2-6-13/h1-8,17H,10H2,(H,22,25). The molecule has 1 heterocycles. The van der Waals surface area contributed by atoms with Crippen molar-refractivity contribution in [2.24, 2.45) is 0 Å². The Morgan fingerprint density at radius 2 is 1.89 bits per heavy atom. The minimum Gasteiger partial charge on any atom is -0.435 e. The molecule has 3 rings (SSSR count). The molecule has 0 aliphatic rings. The van der Waals surface area contributed by atoms with Crippen molar-refractivity contribution in [3.63, 3.8) is 0 Å². The lowest BCUT2D eigenvalue weighted by Gasteiger charge is -2.04. The molecule has 2 aromatic carbocycles. The number of ether oxygens (including phenoxy) is 1. The molecule has 0 aliphatic heterocycles. The predicted molar refractivity (Wildman–Crippen MR) is 96.9 cm³/mol. The van der Waals surface area contributed by atoms with Crippen LogP contribution in [0.25, 0.3) is 11.5 Å². The molecule has 3 aromatic rings. The van der Waals surface area contributed by atoms with Gasteiger partial charge in [0.05, 0.1) is 17.4 Å². The van der Waals surface area contributed by atoms with Gasteiger partial charge in [-0.2, -0.15) is 14.0 Å². The molecule has 0 saturated carbocycles. The number of hydrogen-bond acceptors (Lipinski definition) is 7. The van der Waals surface area contributed by atoms with Crippen molar-refractivity contribution in [3.05, 3.63) is 54.1 Å². The molecule has 0 fully saturated rings. The highest BCUT2D eigenvalue weighted by Crippen LogP contribution is 2.25. The van der Waals surface area contributed by atoms with Crippen molar-refractivity contribution in [1.82, 2.24) is 10.2 Å². The zero-order valence-corrected chi connectivity index (χ0v) is 15.0. The first-order valence-corrected chi connectivity index (χ1v) is 8.83. The van der Waals surface area contributed by atoms with Crippen LogP contribution in [0.1, 0.15) is 5.56 Å². The van der Waals surface area contributed by atoms with Crippen molar-refractivity contribution in [1.29, 1.82) is 5.26 Å². The number of nitrogens with zero attached hydrogens (tertiary/aromatic N) is 3. The van der Waals surface area contributed by atoms with Crippen LogP contribution in [0.2, 0.25) is 0 Å². The van der Waals surface area contributed by atoms with Crippen LogP contribution in [0.3, 0.4) is 0 Å². The van der Waals surface area contributed by atoms with E-state index < -0.39 is 6.61 Å². The Balaban J connectivity index is 1.54. The topological polar surface area (TPSA) is 101 Å². The molecule has 1 N–H and O–H groups in total. The summed E-state index contributed by atoms with van der Waals surface area (Å²) in [5.41, 5.74) is 1.60. The summed E-state index contributed by atoms with van der Waals surface area (Å²) in [6, 6.07) is 14.2. The van der Waals surface area contributed by atoms with E-state index in [0.717, 1.165) is 11.8 Å². The van der Waals surface area contributed by atoms with Crippen LogP contribution in [-0.2, 0) is 4.79 Å². The average Bonchev–Trinajstić information content (AvgIpc) is 3.16. The van der Waals surface area contributed by atoms with E-state index in [1.165, 1.54) is 24.3 Å². The SMILES string of the molecule is N#Cc1ccc(NC(=O)CSc2nnc(-c3ccc(OC(F)F)cc3)o2)cc1. The molecular weight excluding hydrogens is 390 g/mol. The highest BCUT2D eigenvalue weighted by molar-refractivity contribution is 7.99. The Labute approximate surface area is 162 Å². The first-order valence-electron chi connectivity index (χ1n) is 7.85. The molecule has 7 nitrogen and oxygen atoms in total. The van der Waals surface area contributed by atoms with E-state index in [4.69, 9.17) is 9.68 Å². The second kappa shape index (κ2) is 8.96. The first kappa shape index (κ1) is 19.3. The number of hydrogen-bond donors (Lipinski definition) is 1. The number of amides is 1. The summed E-state index contributed by atoms with van der Waals surface area (Å²) in [5.74, 6) is -0.0168. The highest BCUT2D eigenvalue weighted by Gasteiger charge is 2.12. The average molecular weight is 402 g/mol. The van der Waals surface area contributed by atoms with Gasteiger partial charge in [0, 0.05) is 11.3 Å². The number of rotatable bonds is 7. The lowest BCUT2D eigenvalue weighted by molar-refractivity contribution is -0.113. The number of halogens is 2. The summed E-state index contributed by atoms with van der Waals surface area (Å²) in [7, 11) is 0. The lowest BCUT2D eigenvalue weighted by atomic mass is 10.2. The number of aromatic nitrogens is 2. The Kier molecular flexibility index (Phi) is 6.18. The third-order valence-corrected chi connectivity index (χ3v) is 4.18. The van der Waals surface area contributed by atoms with Crippen LogP contribution in [0.15, 0.2) is 58.2 Å². The molecular formula is C18H12F2N4O3S. The van der Waals surface area contributed by atoms with Crippen LogP contribution >= 0.6 is 11.8 Å². The second-order valence-corrected chi connectivity index (χ2v) is 6.23. The van der Waals surface area contributed by atoms with Gasteiger partial charge in [-0.3, -0.25) is 4.79 Å². The number of anilines is 1. The third-order valence-electron chi connectivity index (χ3n) is 3.36. The second-order valence-electron chi connectivity index (χ2n) is 5.30. The van der Waals surface area contributed by atoms with Gasteiger partial charge in [0.1, 0.15) is 5.75 Å². The number of thioether (sulfide) groups is 1. The normalized spacial score (nSPS) is 10.5. The molecule has 28 heavy (non-hydrogen) atoms. The van der Waals surface area contributed by atoms with Gasteiger partial charge in [-0.15, -0.1) is 10.2 Å². The monoisotopic (exact) mass is 402 g/mol. The van der Waals surface area contributed by atoms with Crippen LogP contribution in [0, 0.1) is 11.3 Å². The number of nitriles is 1. The maximum Gasteiger partial charge on any atom is 0.387 e. The zero-order chi connectivity index (χ0) is 19.9. The summed E-state index contributed by atoms with van der Waals surface area (Å²) in [6.07, 6.45) is 0. The fourth-order valence-electron chi connectivity index (χ4n) is 2.12. The van der Waals surface area contributed by atoms with E-state index >= 15 is 0 Å². The van der Waals surface area contributed by atoms with Gasteiger partial charge >= 0.3 is 6.61 Å². The van der Waals surface area contributed by atoms with Gasteiger partial charge in [-0.05, 0) is 48.5 Å². The minimum atomic E-state index is -2.90. The summed E-state index contributed by atoms with van der Waals surface area (Å²) in [6.45, 7) is -2.90. The summed E-state index contributed by atoms with van der Waals surface area (Å²) < 4.78 is 34.0. The Morgan fingerprint density at radius 3 is 2.54 bits per heavy atom. The molecule has 0 spiro atoms. The molecule has 0 unspecified atom stereocenters. The number of nitrogens with one attached hydrogen (secondary N) is 1. The fourth-order valence-corrected chi connectivity index (χ4v) is 2.68. The smallest absolute Gasteiger partial charge is 0.387 e. The van der Waals surface area contributed by atoms with E-state index in [9.17, 15) is 13.6 Å². The van der Waals surface area contributed by atoms with Crippen LogP contribution in [-0.4, -0.2) is 28.5 Å². The van der Waals surface area contributed by atoms with E-state index in [-0.39, 0.29) is 28.5 Å². The predicted octanol–water partition coefficient (Wildman–Crippen LogP) is 3.94. The van der Waals surface area contributed by atoms with Gasteiger partial charge < -0.3 is 14.5 Å². The van der Waals surface area contributed by atoms with E-state index in [1.54, 1.807) is 24.3 Å². The van der Waals surface area contributed by atoms with E-state index in [0.29, 0.717) is 16.8 Å². The molecule has 0 saturated heterocycles. The zero-order valence-electron chi connectivity index (χ0n) is 14.1. The summed E-state index contributed by atoms with van der Waals surface area (Å²) in [4.78, 5) is 12.0. The Bertz CT molecular complexity index is 985. The van der Waals surface area contributed by atoms with Crippen molar-refractivity contribution in [2.45, 2.75) is 11.8 Å². The molecule has 1 aromatic heterocycles. The number of carbonyl (C=O) groups excluding carboxylic acids is 1. The highest BCUT2D eigenvalue weighted by atomic mass is 32.2. The van der Waals surface area contributed by atoms with Gasteiger partial charge in [-0.1, -0.05) is 11.8 Å². The fraction of sp³-hybridized carbons (Fsp3) is 0.111. The molecule has 0 radical (unpaired) electrons. The number of carbonyl (C=O) groups is 1. The minimum absolute atomic E-state index is 0.0207. The van der Waals surface area contributed by atoms with Crippen molar-refractivity contribution >= 4 is 23.4 Å². The molecule has 0 aliphatic carbocycles. The number of alkyl halides is 2. The maximum absolute atomic E-state index is 12.2. The van der Waals surface area contributed by atoms with Crippen molar-refractivity contribution in [2.75, 3.05) is 11.1 Å². The molecule has 142 valence electrons. The van der Waals surface area contributed by atoms with Gasteiger partial charge in [-0.25, -0.2) is 0 Å². The molecule has 0 atom stereocenters.